The normalized spacial score (nSPS) is 18.2. The summed E-state index contributed by atoms with van der Waals surface area (Å²) >= 11 is 0. The molecule has 0 saturated carbocycles. The lowest BCUT2D eigenvalue weighted by molar-refractivity contribution is -0.386. The Hall–Kier alpha value is -2.51. The molecule has 1 fully saturated rings. The highest BCUT2D eigenvalue weighted by Gasteiger charge is 2.28. The van der Waals surface area contributed by atoms with Crippen molar-refractivity contribution in [3.8, 4) is 0 Å². The van der Waals surface area contributed by atoms with Gasteiger partial charge in [-0.1, -0.05) is 11.2 Å². The SMILES string of the molecule is Cc1nc(C[C@@H]2CCCN(c3cccc(F)c3[N+](=O)[O-])C2)no1. The van der Waals surface area contributed by atoms with E-state index in [1.165, 1.54) is 6.07 Å². The Morgan fingerprint density at radius 3 is 3.04 bits per heavy atom. The van der Waals surface area contributed by atoms with Crippen LogP contribution in [0, 0.1) is 28.8 Å². The molecular weight excluding hydrogens is 303 g/mol. The molecule has 0 bridgehead atoms. The lowest BCUT2D eigenvalue weighted by atomic mass is 9.94. The Morgan fingerprint density at radius 2 is 2.35 bits per heavy atom. The third-order valence-corrected chi connectivity index (χ3v) is 4.05. The van der Waals surface area contributed by atoms with E-state index in [0.29, 0.717) is 36.9 Å². The number of hydrogen-bond acceptors (Lipinski definition) is 6. The topological polar surface area (TPSA) is 85.3 Å². The zero-order valence-electron chi connectivity index (χ0n) is 12.7. The van der Waals surface area contributed by atoms with Gasteiger partial charge in [-0.15, -0.1) is 0 Å². The van der Waals surface area contributed by atoms with Crippen molar-refractivity contribution >= 4 is 11.4 Å². The van der Waals surface area contributed by atoms with Crippen molar-refractivity contribution < 1.29 is 13.8 Å². The van der Waals surface area contributed by atoms with Gasteiger partial charge in [0.15, 0.2) is 5.82 Å². The molecular formula is C15H17FN4O3. The standard InChI is InChI=1S/C15H17FN4O3/c1-10-17-14(18-23-10)8-11-4-3-7-19(9-11)13-6-2-5-12(16)15(13)20(21)22/h2,5-6,11H,3-4,7-9H2,1H3/t11-/m0/s1. The number of rotatable bonds is 4. The largest absolute Gasteiger partial charge is 0.366 e. The minimum Gasteiger partial charge on any atom is -0.366 e. The van der Waals surface area contributed by atoms with Crippen LogP contribution in [0.2, 0.25) is 0 Å². The number of aryl methyl sites for hydroxylation is 1. The maximum Gasteiger partial charge on any atom is 0.327 e. The van der Waals surface area contributed by atoms with Gasteiger partial charge in [0.1, 0.15) is 5.69 Å². The quantitative estimate of drug-likeness (QED) is 0.636. The first-order chi connectivity index (χ1) is 11.0. The summed E-state index contributed by atoms with van der Waals surface area (Å²) in [5, 5.41) is 15.1. The van der Waals surface area contributed by atoms with Gasteiger partial charge < -0.3 is 9.42 Å². The predicted molar refractivity (Wildman–Crippen MR) is 80.7 cm³/mol. The number of nitro groups is 1. The Bertz CT molecular complexity index is 718. The van der Waals surface area contributed by atoms with Gasteiger partial charge in [-0.05, 0) is 30.9 Å². The Morgan fingerprint density at radius 1 is 1.52 bits per heavy atom. The minimum atomic E-state index is -0.802. The van der Waals surface area contributed by atoms with Crippen LogP contribution < -0.4 is 4.90 Å². The number of para-hydroxylation sites is 1. The number of anilines is 1. The van der Waals surface area contributed by atoms with Gasteiger partial charge >= 0.3 is 5.69 Å². The number of nitro benzene ring substituents is 1. The van der Waals surface area contributed by atoms with Gasteiger partial charge in [0.2, 0.25) is 11.7 Å². The summed E-state index contributed by atoms with van der Waals surface area (Å²) in [7, 11) is 0. The maximum absolute atomic E-state index is 13.8. The summed E-state index contributed by atoms with van der Waals surface area (Å²) in [6.07, 6.45) is 2.51. The molecule has 122 valence electrons. The molecule has 0 radical (unpaired) electrons. The van der Waals surface area contributed by atoms with Crippen LogP contribution in [0.1, 0.15) is 24.6 Å². The molecule has 0 aliphatic carbocycles. The highest BCUT2D eigenvalue weighted by Crippen LogP contribution is 2.34. The van der Waals surface area contributed by atoms with Crippen molar-refractivity contribution in [2.75, 3.05) is 18.0 Å². The lowest BCUT2D eigenvalue weighted by Gasteiger charge is -2.33. The third kappa shape index (κ3) is 3.30. The number of aromatic nitrogens is 2. The zero-order valence-corrected chi connectivity index (χ0v) is 12.7. The molecule has 1 aromatic carbocycles. The fraction of sp³-hybridized carbons (Fsp3) is 0.467. The first kappa shape index (κ1) is 15.4. The molecule has 1 aliphatic heterocycles. The molecule has 0 N–H and O–H groups in total. The van der Waals surface area contributed by atoms with E-state index in [-0.39, 0.29) is 5.92 Å². The van der Waals surface area contributed by atoms with E-state index in [9.17, 15) is 14.5 Å². The Kier molecular flexibility index (Phi) is 4.22. The molecule has 1 aromatic heterocycles. The molecule has 1 aliphatic rings. The number of benzene rings is 1. The van der Waals surface area contributed by atoms with Crippen LogP contribution in [-0.4, -0.2) is 28.2 Å². The van der Waals surface area contributed by atoms with Crippen LogP contribution in [0.5, 0.6) is 0 Å². The first-order valence-electron chi connectivity index (χ1n) is 7.51. The van der Waals surface area contributed by atoms with Crippen LogP contribution in [-0.2, 0) is 6.42 Å². The van der Waals surface area contributed by atoms with Gasteiger partial charge in [-0.3, -0.25) is 10.1 Å². The summed E-state index contributed by atoms with van der Waals surface area (Å²) in [6.45, 7) is 3.02. The summed E-state index contributed by atoms with van der Waals surface area (Å²) in [4.78, 5) is 16.6. The molecule has 0 amide bonds. The maximum atomic E-state index is 13.8. The van der Waals surface area contributed by atoms with Crippen molar-refractivity contribution in [1.82, 2.24) is 10.1 Å². The van der Waals surface area contributed by atoms with E-state index >= 15 is 0 Å². The summed E-state index contributed by atoms with van der Waals surface area (Å²) in [6, 6.07) is 4.22. The van der Waals surface area contributed by atoms with E-state index in [4.69, 9.17) is 4.52 Å². The summed E-state index contributed by atoms with van der Waals surface area (Å²) in [5.74, 6) is 0.614. The second-order valence-corrected chi connectivity index (χ2v) is 5.75. The number of halogens is 1. The highest BCUT2D eigenvalue weighted by molar-refractivity contribution is 5.64. The van der Waals surface area contributed by atoms with Gasteiger partial charge in [0.05, 0.1) is 4.92 Å². The minimum absolute atomic E-state index is 0.253. The number of nitrogens with zero attached hydrogens (tertiary/aromatic N) is 4. The van der Waals surface area contributed by atoms with Gasteiger partial charge in [0, 0.05) is 26.4 Å². The van der Waals surface area contributed by atoms with Crippen molar-refractivity contribution in [3.05, 3.63) is 45.8 Å². The van der Waals surface area contributed by atoms with Crippen LogP contribution >= 0.6 is 0 Å². The molecule has 1 atom stereocenters. The molecule has 2 heterocycles. The van der Waals surface area contributed by atoms with E-state index in [1.807, 2.05) is 4.90 Å². The highest BCUT2D eigenvalue weighted by atomic mass is 19.1. The molecule has 1 saturated heterocycles. The smallest absolute Gasteiger partial charge is 0.327 e. The van der Waals surface area contributed by atoms with Gasteiger partial charge in [-0.25, -0.2) is 0 Å². The predicted octanol–water partition coefficient (Wildman–Crippen LogP) is 2.88. The number of hydrogen-bond donors (Lipinski definition) is 0. The molecule has 8 heteroatoms. The average Bonchev–Trinajstić information content (AvgIpc) is 2.92. The van der Waals surface area contributed by atoms with E-state index in [0.717, 1.165) is 18.9 Å². The van der Waals surface area contributed by atoms with Crippen molar-refractivity contribution in [3.63, 3.8) is 0 Å². The van der Waals surface area contributed by atoms with Crippen molar-refractivity contribution in [2.24, 2.45) is 5.92 Å². The second kappa shape index (κ2) is 6.31. The van der Waals surface area contributed by atoms with E-state index in [2.05, 4.69) is 10.1 Å². The molecule has 2 aromatic rings. The van der Waals surface area contributed by atoms with E-state index in [1.54, 1.807) is 13.0 Å². The Balaban J connectivity index is 1.79. The monoisotopic (exact) mass is 320 g/mol. The van der Waals surface area contributed by atoms with Crippen molar-refractivity contribution in [1.29, 1.82) is 0 Å². The molecule has 3 rings (SSSR count). The van der Waals surface area contributed by atoms with Crippen LogP contribution in [0.25, 0.3) is 0 Å². The second-order valence-electron chi connectivity index (χ2n) is 5.75. The van der Waals surface area contributed by atoms with Gasteiger partial charge in [-0.2, -0.15) is 9.37 Å². The molecule has 0 unspecified atom stereocenters. The molecule has 7 nitrogen and oxygen atoms in total. The molecule has 23 heavy (non-hydrogen) atoms. The van der Waals surface area contributed by atoms with Crippen LogP contribution in [0.4, 0.5) is 15.8 Å². The van der Waals surface area contributed by atoms with E-state index < -0.39 is 16.4 Å². The number of piperidine rings is 1. The van der Waals surface area contributed by atoms with Gasteiger partial charge in [0.25, 0.3) is 0 Å². The zero-order chi connectivity index (χ0) is 16.4. The lowest BCUT2D eigenvalue weighted by Crippen LogP contribution is -2.36. The average molecular weight is 320 g/mol. The fourth-order valence-corrected chi connectivity index (χ4v) is 3.07. The fourth-order valence-electron chi connectivity index (χ4n) is 3.07. The molecule has 0 spiro atoms. The third-order valence-electron chi connectivity index (χ3n) is 4.05. The first-order valence-corrected chi connectivity index (χ1v) is 7.51. The van der Waals surface area contributed by atoms with Crippen molar-refractivity contribution in [2.45, 2.75) is 26.2 Å². The van der Waals surface area contributed by atoms with Crippen LogP contribution in [0.3, 0.4) is 0 Å². The van der Waals surface area contributed by atoms with Crippen LogP contribution in [0.15, 0.2) is 22.7 Å². The Labute approximate surface area is 132 Å². The summed E-state index contributed by atoms with van der Waals surface area (Å²) < 4.78 is 18.8. The summed E-state index contributed by atoms with van der Waals surface area (Å²) in [5.41, 5.74) is -0.118.